The molecule has 1 aromatic heterocycles. The van der Waals surface area contributed by atoms with Gasteiger partial charge in [0, 0.05) is 49.0 Å². The van der Waals surface area contributed by atoms with E-state index in [4.69, 9.17) is 4.74 Å². The van der Waals surface area contributed by atoms with E-state index in [-0.39, 0.29) is 23.4 Å². The maximum atomic E-state index is 12.4. The van der Waals surface area contributed by atoms with Crippen LogP contribution in [0, 0.1) is 5.41 Å². The van der Waals surface area contributed by atoms with Gasteiger partial charge in [-0.2, -0.15) is 0 Å². The number of urea groups is 1. The molecule has 146 valence electrons. The number of amides is 3. The van der Waals surface area contributed by atoms with Crippen LogP contribution in [-0.4, -0.2) is 48.1 Å². The molecule has 3 amide bonds. The highest BCUT2D eigenvalue weighted by atomic mass is 16.5. The summed E-state index contributed by atoms with van der Waals surface area (Å²) in [6.45, 7) is 2.00. The summed E-state index contributed by atoms with van der Waals surface area (Å²) in [6.07, 6.45) is 5.11. The lowest BCUT2D eigenvalue weighted by Gasteiger charge is -2.59. The van der Waals surface area contributed by atoms with Crippen molar-refractivity contribution in [3.05, 3.63) is 59.9 Å². The molecule has 2 aliphatic rings. The van der Waals surface area contributed by atoms with E-state index in [1.54, 1.807) is 31.6 Å². The third-order valence-corrected chi connectivity index (χ3v) is 5.57. The van der Waals surface area contributed by atoms with Crippen LogP contribution in [0.3, 0.4) is 0 Å². The van der Waals surface area contributed by atoms with Gasteiger partial charge in [-0.15, -0.1) is 0 Å². The quantitative estimate of drug-likeness (QED) is 0.833. The van der Waals surface area contributed by atoms with Gasteiger partial charge in [0.15, 0.2) is 0 Å². The summed E-state index contributed by atoms with van der Waals surface area (Å²) < 4.78 is 5.13. The predicted molar refractivity (Wildman–Crippen MR) is 104 cm³/mol. The molecule has 7 heteroatoms. The molecule has 1 aromatic carbocycles. The molecule has 1 spiro atoms. The number of carbonyl (C=O) groups excluding carboxylic acids is 2. The van der Waals surface area contributed by atoms with Gasteiger partial charge in [0.05, 0.1) is 7.11 Å². The van der Waals surface area contributed by atoms with E-state index in [0.717, 1.165) is 37.2 Å². The van der Waals surface area contributed by atoms with E-state index in [0.29, 0.717) is 12.1 Å². The molecule has 0 radical (unpaired) electrons. The lowest BCUT2D eigenvalue weighted by atomic mass is 9.60. The number of pyridine rings is 1. The van der Waals surface area contributed by atoms with E-state index in [1.807, 2.05) is 29.2 Å². The monoisotopic (exact) mass is 380 g/mol. The molecule has 1 aliphatic heterocycles. The van der Waals surface area contributed by atoms with E-state index < -0.39 is 0 Å². The van der Waals surface area contributed by atoms with Crippen LogP contribution in [-0.2, 0) is 6.54 Å². The predicted octanol–water partition coefficient (Wildman–Crippen LogP) is 2.19. The number of methoxy groups -OCH3 is 1. The molecular weight excluding hydrogens is 356 g/mol. The van der Waals surface area contributed by atoms with Crippen LogP contribution in [0.2, 0.25) is 0 Å². The Morgan fingerprint density at radius 2 is 1.82 bits per heavy atom. The molecule has 2 N–H and O–H groups in total. The molecule has 2 heterocycles. The van der Waals surface area contributed by atoms with Crippen molar-refractivity contribution >= 4 is 11.9 Å². The molecule has 2 fully saturated rings. The van der Waals surface area contributed by atoms with Gasteiger partial charge >= 0.3 is 6.03 Å². The van der Waals surface area contributed by atoms with Gasteiger partial charge in [0.2, 0.25) is 0 Å². The van der Waals surface area contributed by atoms with Crippen molar-refractivity contribution in [2.45, 2.75) is 25.4 Å². The number of nitrogens with zero attached hydrogens (tertiary/aromatic N) is 2. The Kier molecular flexibility index (Phi) is 4.90. The third-order valence-electron chi connectivity index (χ3n) is 5.57. The maximum absolute atomic E-state index is 12.4. The number of aromatic nitrogens is 1. The minimum absolute atomic E-state index is 0.0571. The molecule has 1 aliphatic carbocycles. The molecule has 28 heavy (non-hydrogen) atoms. The van der Waals surface area contributed by atoms with Crippen molar-refractivity contribution in [3.63, 3.8) is 0 Å². The Morgan fingerprint density at radius 3 is 2.46 bits per heavy atom. The molecule has 7 nitrogen and oxygen atoms in total. The second-order valence-electron chi connectivity index (χ2n) is 7.68. The Morgan fingerprint density at radius 1 is 1.14 bits per heavy atom. The van der Waals surface area contributed by atoms with E-state index in [1.165, 1.54) is 0 Å². The highest BCUT2D eigenvalue weighted by molar-refractivity contribution is 5.94. The van der Waals surface area contributed by atoms with Crippen molar-refractivity contribution in [3.8, 4) is 5.75 Å². The first-order valence-corrected chi connectivity index (χ1v) is 9.43. The molecule has 4 rings (SSSR count). The van der Waals surface area contributed by atoms with Crippen molar-refractivity contribution in [2.24, 2.45) is 5.41 Å². The standard InChI is InChI=1S/C21H24N4O3/c1-28-18-4-2-15(3-5-18)12-23-20(27)24-17-10-21(11-17)13-25(14-21)19(26)16-6-8-22-9-7-16/h2-9,17H,10-14H2,1H3,(H2,23,24,27). The SMILES string of the molecule is COc1ccc(CNC(=O)NC2CC3(C2)CN(C(=O)c2ccncc2)C3)cc1. The number of hydrogen-bond donors (Lipinski definition) is 2. The van der Waals surface area contributed by atoms with Gasteiger partial charge < -0.3 is 20.3 Å². The fourth-order valence-corrected chi connectivity index (χ4v) is 4.09. The second kappa shape index (κ2) is 7.50. The van der Waals surface area contributed by atoms with Crippen molar-refractivity contribution < 1.29 is 14.3 Å². The van der Waals surface area contributed by atoms with E-state index >= 15 is 0 Å². The summed E-state index contributed by atoms with van der Waals surface area (Å²) in [5.41, 5.74) is 1.87. The van der Waals surface area contributed by atoms with Crippen molar-refractivity contribution in [1.29, 1.82) is 0 Å². The van der Waals surface area contributed by atoms with E-state index in [9.17, 15) is 9.59 Å². The molecule has 0 bridgehead atoms. The van der Waals surface area contributed by atoms with Gasteiger partial charge in [0.25, 0.3) is 5.91 Å². The zero-order chi connectivity index (χ0) is 19.6. The zero-order valence-corrected chi connectivity index (χ0v) is 15.9. The first-order chi connectivity index (χ1) is 13.6. The van der Waals surface area contributed by atoms with Crippen LogP contribution >= 0.6 is 0 Å². The van der Waals surface area contributed by atoms with Crippen molar-refractivity contribution in [2.75, 3.05) is 20.2 Å². The number of ether oxygens (including phenoxy) is 1. The number of nitrogens with one attached hydrogen (secondary N) is 2. The third kappa shape index (κ3) is 3.78. The molecule has 1 saturated carbocycles. The van der Waals surface area contributed by atoms with E-state index in [2.05, 4.69) is 15.6 Å². The first-order valence-electron chi connectivity index (χ1n) is 9.43. The highest BCUT2D eigenvalue weighted by Gasteiger charge is 2.54. The van der Waals surface area contributed by atoms with Gasteiger partial charge in [-0.05, 0) is 42.7 Å². The smallest absolute Gasteiger partial charge is 0.315 e. The number of rotatable bonds is 5. The van der Waals surface area contributed by atoms with Crippen LogP contribution in [0.5, 0.6) is 5.75 Å². The fraction of sp³-hybridized carbons (Fsp3) is 0.381. The van der Waals surface area contributed by atoms with Crippen LogP contribution in [0.15, 0.2) is 48.8 Å². The Balaban J connectivity index is 1.17. The van der Waals surface area contributed by atoms with Crippen LogP contribution in [0.25, 0.3) is 0 Å². The average Bonchev–Trinajstić information content (AvgIpc) is 2.67. The maximum Gasteiger partial charge on any atom is 0.315 e. The minimum Gasteiger partial charge on any atom is -0.497 e. The zero-order valence-electron chi connectivity index (χ0n) is 15.9. The Bertz CT molecular complexity index is 840. The highest BCUT2D eigenvalue weighted by Crippen LogP contribution is 2.48. The van der Waals surface area contributed by atoms with Gasteiger partial charge in [-0.3, -0.25) is 9.78 Å². The first kappa shape index (κ1) is 18.3. The van der Waals surface area contributed by atoms with Gasteiger partial charge in [-0.25, -0.2) is 4.79 Å². The minimum atomic E-state index is -0.153. The van der Waals surface area contributed by atoms with Crippen LogP contribution < -0.4 is 15.4 Å². The topological polar surface area (TPSA) is 83.6 Å². The normalized spacial score (nSPS) is 17.4. The van der Waals surface area contributed by atoms with Crippen LogP contribution in [0.1, 0.15) is 28.8 Å². The molecular formula is C21H24N4O3. The lowest BCUT2D eigenvalue weighted by Crippen LogP contribution is -2.67. The summed E-state index contributed by atoms with van der Waals surface area (Å²) in [6, 6.07) is 11.1. The number of carbonyl (C=O) groups is 2. The summed E-state index contributed by atoms with van der Waals surface area (Å²) in [5, 5.41) is 5.91. The van der Waals surface area contributed by atoms with Crippen LogP contribution in [0.4, 0.5) is 4.79 Å². The largest absolute Gasteiger partial charge is 0.497 e. The molecule has 2 aromatic rings. The molecule has 0 unspecified atom stereocenters. The lowest BCUT2D eigenvalue weighted by molar-refractivity contribution is -0.0585. The summed E-state index contributed by atoms with van der Waals surface area (Å²) >= 11 is 0. The Hall–Kier alpha value is -3.09. The van der Waals surface area contributed by atoms with Gasteiger partial charge in [-0.1, -0.05) is 12.1 Å². The molecule has 0 atom stereocenters. The average molecular weight is 380 g/mol. The summed E-state index contributed by atoms with van der Waals surface area (Å²) in [5.74, 6) is 0.853. The number of likely N-dealkylation sites (tertiary alicyclic amines) is 1. The number of benzene rings is 1. The van der Waals surface area contributed by atoms with Crippen molar-refractivity contribution in [1.82, 2.24) is 20.5 Å². The summed E-state index contributed by atoms with van der Waals surface area (Å²) in [7, 11) is 1.63. The van der Waals surface area contributed by atoms with Gasteiger partial charge in [0.1, 0.15) is 5.75 Å². The fourth-order valence-electron chi connectivity index (χ4n) is 4.09. The summed E-state index contributed by atoms with van der Waals surface area (Å²) in [4.78, 5) is 30.3. The number of hydrogen-bond acceptors (Lipinski definition) is 4. The molecule has 1 saturated heterocycles. The Labute approximate surface area is 164 Å². The second-order valence-corrected chi connectivity index (χ2v) is 7.68.